The third-order valence-corrected chi connectivity index (χ3v) is 2.22. The summed E-state index contributed by atoms with van der Waals surface area (Å²) in [5, 5.41) is 13.0. The molecule has 0 aromatic carbocycles. The van der Waals surface area contributed by atoms with Gasteiger partial charge in [-0.3, -0.25) is 4.68 Å². The van der Waals surface area contributed by atoms with Gasteiger partial charge in [0.05, 0.1) is 12.4 Å². The van der Waals surface area contributed by atoms with Crippen LogP contribution in [0.4, 0.5) is 0 Å². The van der Waals surface area contributed by atoms with Gasteiger partial charge >= 0.3 is 6.01 Å². The predicted octanol–water partition coefficient (Wildman–Crippen LogP) is 2.06. The first-order valence-corrected chi connectivity index (χ1v) is 5.67. The highest BCUT2D eigenvalue weighted by molar-refractivity contribution is 5.25. The van der Waals surface area contributed by atoms with E-state index in [4.69, 9.17) is 10.00 Å². The minimum Gasteiger partial charge on any atom is -0.421 e. The van der Waals surface area contributed by atoms with Gasteiger partial charge in [-0.05, 0) is 19.4 Å². The van der Waals surface area contributed by atoms with Crippen LogP contribution in [0.2, 0.25) is 0 Å². The maximum atomic E-state index is 8.81. The monoisotopic (exact) mass is 243 g/mol. The van der Waals surface area contributed by atoms with Crippen molar-refractivity contribution in [2.24, 2.45) is 0 Å². The molecule has 0 atom stereocenters. The van der Waals surface area contributed by atoms with Gasteiger partial charge in [-0.15, -0.1) is 0 Å². The summed E-state index contributed by atoms with van der Waals surface area (Å²) < 4.78 is 7.26. The van der Waals surface area contributed by atoms with E-state index in [9.17, 15) is 0 Å². The number of aryl methyl sites for hydroxylation is 2. The minimum absolute atomic E-state index is 0.169. The van der Waals surface area contributed by atoms with E-state index >= 15 is 0 Å². The van der Waals surface area contributed by atoms with Crippen molar-refractivity contribution in [3.05, 3.63) is 29.8 Å². The average Bonchev–Trinajstić information content (AvgIpc) is 2.76. The highest BCUT2D eigenvalue weighted by Crippen LogP contribution is 2.17. The molecule has 0 N–H and O–H groups in total. The molecule has 0 aliphatic rings. The van der Waals surface area contributed by atoms with Crippen molar-refractivity contribution in [1.82, 2.24) is 19.7 Å². The van der Waals surface area contributed by atoms with Crippen LogP contribution in [-0.2, 0) is 6.54 Å². The molecule has 6 nitrogen and oxygen atoms in total. The van der Waals surface area contributed by atoms with Crippen molar-refractivity contribution in [3.63, 3.8) is 0 Å². The first kappa shape index (κ1) is 12.0. The first-order chi connectivity index (χ1) is 8.71. The smallest absolute Gasteiger partial charge is 0.323 e. The van der Waals surface area contributed by atoms with Gasteiger partial charge in [0.1, 0.15) is 11.8 Å². The number of rotatable bonds is 4. The van der Waals surface area contributed by atoms with Crippen molar-refractivity contribution in [1.29, 1.82) is 5.26 Å². The van der Waals surface area contributed by atoms with Crippen molar-refractivity contribution >= 4 is 0 Å². The normalized spacial score (nSPS) is 10.1. The summed E-state index contributed by atoms with van der Waals surface area (Å²) in [7, 11) is 0. The molecule has 0 fully saturated rings. The summed E-state index contributed by atoms with van der Waals surface area (Å²) >= 11 is 0. The van der Waals surface area contributed by atoms with Crippen LogP contribution in [0, 0.1) is 18.3 Å². The van der Waals surface area contributed by atoms with Crippen LogP contribution >= 0.6 is 0 Å². The Hall–Kier alpha value is -2.42. The van der Waals surface area contributed by atoms with Crippen LogP contribution in [-0.4, -0.2) is 19.7 Å². The number of nitriles is 1. The van der Waals surface area contributed by atoms with Crippen LogP contribution in [0.5, 0.6) is 11.8 Å². The van der Waals surface area contributed by atoms with E-state index in [0.717, 1.165) is 13.0 Å². The van der Waals surface area contributed by atoms with Crippen molar-refractivity contribution in [2.45, 2.75) is 26.8 Å². The van der Waals surface area contributed by atoms with Gasteiger partial charge in [0.2, 0.25) is 0 Å². The van der Waals surface area contributed by atoms with Gasteiger partial charge in [-0.2, -0.15) is 15.3 Å². The highest BCUT2D eigenvalue weighted by Gasteiger charge is 2.06. The number of ether oxygens (including phenoxy) is 1. The molecule has 0 aliphatic carbocycles. The molecule has 2 heterocycles. The SMILES string of the molecule is CCCn1cc(Oc2nc(C)cc(C#N)n2)cn1. The van der Waals surface area contributed by atoms with Gasteiger partial charge < -0.3 is 4.74 Å². The maximum Gasteiger partial charge on any atom is 0.323 e. The van der Waals surface area contributed by atoms with Crippen molar-refractivity contribution in [2.75, 3.05) is 0 Å². The molecule has 6 heteroatoms. The summed E-state index contributed by atoms with van der Waals surface area (Å²) in [5.41, 5.74) is 0.982. The van der Waals surface area contributed by atoms with Gasteiger partial charge in [-0.1, -0.05) is 6.92 Å². The maximum absolute atomic E-state index is 8.81. The molecule has 2 rings (SSSR count). The second-order valence-corrected chi connectivity index (χ2v) is 3.83. The van der Waals surface area contributed by atoms with Crippen molar-refractivity contribution < 1.29 is 4.74 Å². The molecule has 0 aliphatic heterocycles. The van der Waals surface area contributed by atoms with E-state index in [-0.39, 0.29) is 6.01 Å². The summed E-state index contributed by atoms with van der Waals surface area (Å²) in [5.74, 6) is 0.568. The van der Waals surface area contributed by atoms with Crippen LogP contribution in [0.3, 0.4) is 0 Å². The van der Waals surface area contributed by atoms with Gasteiger partial charge in [-0.25, -0.2) is 4.98 Å². The average molecular weight is 243 g/mol. The Bertz CT molecular complexity index is 584. The van der Waals surface area contributed by atoms with E-state index in [1.807, 2.05) is 6.07 Å². The molecule has 0 radical (unpaired) electrons. The number of aromatic nitrogens is 4. The van der Waals surface area contributed by atoms with E-state index in [1.54, 1.807) is 30.1 Å². The molecule has 0 saturated heterocycles. The summed E-state index contributed by atoms with van der Waals surface area (Å²) in [6.07, 6.45) is 4.38. The fourth-order valence-electron chi connectivity index (χ4n) is 1.50. The van der Waals surface area contributed by atoms with Gasteiger partial charge in [0, 0.05) is 12.2 Å². The van der Waals surface area contributed by atoms with Gasteiger partial charge in [0.25, 0.3) is 0 Å². The largest absolute Gasteiger partial charge is 0.421 e. The van der Waals surface area contributed by atoms with E-state index in [0.29, 0.717) is 17.1 Å². The topological polar surface area (TPSA) is 76.6 Å². The molecular formula is C12H13N5O. The number of hydrogen-bond donors (Lipinski definition) is 0. The predicted molar refractivity (Wildman–Crippen MR) is 64.1 cm³/mol. The number of nitrogens with zero attached hydrogens (tertiary/aromatic N) is 5. The Balaban J connectivity index is 2.17. The summed E-state index contributed by atoms with van der Waals surface area (Å²) in [6.45, 7) is 4.70. The Morgan fingerprint density at radius 2 is 2.28 bits per heavy atom. The molecule has 0 unspecified atom stereocenters. The molecule has 0 amide bonds. The van der Waals surface area contributed by atoms with E-state index < -0.39 is 0 Å². The van der Waals surface area contributed by atoms with Gasteiger partial charge in [0.15, 0.2) is 5.75 Å². The third-order valence-electron chi connectivity index (χ3n) is 2.22. The minimum atomic E-state index is 0.169. The molecule has 92 valence electrons. The standard InChI is InChI=1S/C12H13N5O/c1-3-4-17-8-11(7-14-17)18-12-15-9(2)5-10(6-13)16-12/h5,7-8H,3-4H2,1-2H3. The lowest BCUT2D eigenvalue weighted by Crippen LogP contribution is -1.97. The zero-order chi connectivity index (χ0) is 13.0. The molecule has 2 aromatic rings. The van der Waals surface area contributed by atoms with Crippen LogP contribution in [0.15, 0.2) is 18.5 Å². The van der Waals surface area contributed by atoms with Crippen LogP contribution < -0.4 is 4.74 Å². The lowest BCUT2D eigenvalue weighted by atomic mass is 10.3. The Morgan fingerprint density at radius 1 is 1.44 bits per heavy atom. The molecule has 0 bridgehead atoms. The second kappa shape index (κ2) is 5.27. The molecule has 0 saturated carbocycles. The van der Waals surface area contributed by atoms with Crippen molar-refractivity contribution in [3.8, 4) is 17.8 Å². The Kier molecular flexibility index (Phi) is 3.53. The zero-order valence-electron chi connectivity index (χ0n) is 10.3. The lowest BCUT2D eigenvalue weighted by Gasteiger charge is -2.01. The third kappa shape index (κ3) is 2.83. The fraction of sp³-hybridized carbons (Fsp3) is 0.333. The fourth-order valence-corrected chi connectivity index (χ4v) is 1.50. The molecular weight excluding hydrogens is 230 g/mol. The molecule has 2 aromatic heterocycles. The Morgan fingerprint density at radius 3 is 3.00 bits per heavy atom. The summed E-state index contributed by atoms with van der Waals surface area (Å²) in [4.78, 5) is 8.08. The Labute approximate surface area is 105 Å². The molecule has 0 spiro atoms. The lowest BCUT2D eigenvalue weighted by molar-refractivity contribution is 0.438. The molecule has 18 heavy (non-hydrogen) atoms. The number of hydrogen-bond acceptors (Lipinski definition) is 5. The zero-order valence-corrected chi connectivity index (χ0v) is 10.3. The second-order valence-electron chi connectivity index (χ2n) is 3.83. The van der Waals surface area contributed by atoms with Crippen LogP contribution in [0.1, 0.15) is 24.7 Å². The first-order valence-electron chi connectivity index (χ1n) is 5.67. The van der Waals surface area contributed by atoms with Crippen LogP contribution in [0.25, 0.3) is 0 Å². The summed E-state index contributed by atoms with van der Waals surface area (Å²) in [6, 6.07) is 3.74. The van der Waals surface area contributed by atoms with E-state index in [2.05, 4.69) is 22.0 Å². The highest BCUT2D eigenvalue weighted by atomic mass is 16.5. The quantitative estimate of drug-likeness (QED) is 0.821. The van der Waals surface area contributed by atoms with E-state index in [1.165, 1.54) is 0 Å².